The first-order valence-electron chi connectivity index (χ1n) is 5.66. The molecule has 0 radical (unpaired) electrons. The summed E-state index contributed by atoms with van der Waals surface area (Å²) in [5.74, 6) is -0.486. The average Bonchev–Trinajstić information content (AvgIpc) is 3.06. The van der Waals surface area contributed by atoms with Crippen molar-refractivity contribution in [3.05, 3.63) is 46.4 Å². The van der Waals surface area contributed by atoms with Gasteiger partial charge in [-0.05, 0) is 29.8 Å². The Morgan fingerprint density at radius 2 is 2.10 bits per heavy atom. The van der Waals surface area contributed by atoms with E-state index in [9.17, 15) is 9.90 Å². The molecule has 1 unspecified atom stereocenters. The fourth-order valence-electron chi connectivity index (χ4n) is 1.92. The quantitative estimate of drug-likeness (QED) is 0.904. The van der Waals surface area contributed by atoms with Crippen LogP contribution in [0.1, 0.15) is 28.0 Å². The third kappa shape index (κ3) is 2.09. The van der Waals surface area contributed by atoms with Crippen molar-refractivity contribution in [2.24, 2.45) is 0 Å². The number of hydrogen-bond acceptors (Lipinski definition) is 5. The number of hydrogen-bond donors (Lipinski definition) is 2. The monoisotopic (exact) mass is 296 g/mol. The van der Waals surface area contributed by atoms with Gasteiger partial charge in [0.25, 0.3) is 0 Å². The van der Waals surface area contributed by atoms with Gasteiger partial charge < -0.3 is 24.1 Å². The minimum Gasteiger partial charge on any atom is -0.475 e. The topological polar surface area (TPSA) is 89.1 Å². The van der Waals surface area contributed by atoms with Gasteiger partial charge in [0.1, 0.15) is 11.9 Å². The minimum absolute atomic E-state index is 0.0680. The number of halogens is 1. The summed E-state index contributed by atoms with van der Waals surface area (Å²) in [4.78, 5) is 10.7. The summed E-state index contributed by atoms with van der Waals surface area (Å²) in [7, 11) is 0. The van der Waals surface area contributed by atoms with E-state index in [0.29, 0.717) is 22.1 Å². The van der Waals surface area contributed by atoms with Gasteiger partial charge in [-0.25, -0.2) is 4.79 Å². The Labute approximate surface area is 118 Å². The molecule has 0 saturated heterocycles. The van der Waals surface area contributed by atoms with E-state index >= 15 is 0 Å². The van der Waals surface area contributed by atoms with E-state index in [1.807, 2.05) is 0 Å². The maximum atomic E-state index is 10.7. The molecule has 2 aromatic rings. The lowest BCUT2D eigenvalue weighted by atomic mass is 10.1. The number of carboxylic acid groups (broad SMARTS) is 1. The fraction of sp³-hybridized carbons (Fsp3) is 0.154. The maximum Gasteiger partial charge on any atom is 0.371 e. The lowest BCUT2D eigenvalue weighted by Gasteiger charge is -2.10. The zero-order valence-electron chi connectivity index (χ0n) is 10.00. The third-order valence-electron chi connectivity index (χ3n) is 2.87. The lowest BCUT2D eigenvalue weighted by Crippen LogP contribution is -1.99. The zero-order valence-corrected chi connectivity index (χ0v) is 10.8. The number of carbonyl (C=O) groups is 1. The Bertz CT molecular complexity index is 677. The van der Waals surface area contributed by atoms with Crippen LogP contribution < -0.4 is 9.47 Å². The van der Waals surface area contributed by atoms with Crippen LogP contribution in [0.5, 0.6) is 11.5 Å². The smallest absolute Gasteiger partial charge is 0.371 e. The molecule has 0 aliphatic carbocycles. The first kappa shape index (κ1) is 12.8. The molecule has 1 aliphatic heterocycles. The first-order chi connectivity index (χ1) is 9.56. The van der Waals surface area contributed by atoms with Crippen molar-refractivity contribution in [2.75, 3.05) is 6.79 Å². The lowest BCUT2D eigenvalue weighted by molar-refractivity contribution is 0.0655. The number of ether oxygens (including phenoxy) is 2. The van der Waals surface area contributed by atoms with Crippen molar-refractivity contribution in [3.8, 4) is 11.5 Å². The molecule has 0 amide bonds. The van der Waals surface area contributed by atoms with Crippen molar-refractivity contribution in [3.63, 3.8) is 0 Å². The number of rotatable bonds is 3. The van der Waals surface area contributed by atoms with Crippen LogP contribution in [-0.2, 0) is 0 Å². The molecule has 7 heteroatoms. The van der Waals surface area contributed by atoms with Gasteiger partial charge in [-0.15, -0.1) is 0 Å². The van der Waals surface area contributed by atoms with Crippen molar-refractivity contribution in [1.82, 2.24) is 0 Å². The van der Waals surface area contributed by atoms with E-state index in [2.05, 4.69) is 0 Å². The van der Waals surface area contributed by atoms with Gasteiger partial charge in [0.15, 0.2) is 11.5 Å². The van der Waals surface area contributed by atoms with Crippen LogP contribution in [0.2, 0.25) is 5.02 Å². The molecule has 20 heavy (non-hydrogen) atoms. The second-order valence-corrected chi connectivity index (χ2v) is 4.55. The van der Waals surface area contributed by atoms with Crippen LogP contribution in [0.3, 0.4) is 0 Å². The van der Waals surface area contributed by atoms with E-state index in [-0.39, 0.29) is 18.3 Å². The summed E-state index contributed by atoms with van der Waals surface area (Å²) in [6.07, 6.45) is -1.14. The number of carboxylic acids is 1. The SMILES string of the molecule is O=C(O)c1ccc(C(O)c2cc(Cl)c3c(c2)OCO3)o1. The number of aliphatic hydroxyl groups excluding tert-OH is 1. The third-order valence-corrected chi connectivity index (χ3v) is 3.15. The molecular formula is C13H9ClO6. The standard InChI is InChI=1S/C13H9ClO6/c14-7-3-6(4-10-12(7)19-5-18-10)11(15)8-1-2-9(20-8)13(16)17/h1-4,11,15H,5H2,(H,16,17). The molecule has 6 nitrogen and oxygen atoms in total. The van der Waals surface area contributed by atoms with Crippen LogP contribution in [0, 0.1) is 0 Å². The Kier molecular flexibility index (Phi) is 3.04. The van der Waals surface area contributed by atoms with Crippen molar-refractivity contribution in [2.45, 2.75) is 6.10 Å². The highest BCUT2D eigenvalue weighted by molar-refractivity contribution is 6.32. The highest BCUT2D eigenvalue weighted by atomic mass is 35.5. The van der Waals surface area contributed by atoms with Gasteiger partial charge in [-0.1, -0.05) is 11.6 Å². The molecule has 3 rings (SSSR count). The van der Waals surface area contributed by atoms with Crippen molar-refractivity contribution >= 4 is 17.6 Å². The van der Waals surface area contributed by atoms with Crippen molar-refractivity contribution < 1.29 is 28.9 Å². The van der Waals surface area contributed by atoms with Gasteiger partial charge in [0, 0.05) is 0 Å². The minimum atomic E-state index is -1.20. The molecule has 1 atom stereocenters. The maximum absolute atomic E-state index is 10.7. The zero-order chi connectivity index (χ0) is 14.3. The number of aliphatic hydroxyl groups is 1. The van der Waals surface area contributed by atoms with Gasteiger partial charge in [-0.2, -0.15) is 0 Å². The highest BCUT2D eigenvalue weighted by Gasteiger charge is 2.23. The number of furan rings is 1. The van der Waals surface area contributed by atoms with Crippen LogP contribution in [0.15, 0.2) is 28.7 Å². The van der Waals surface area contributed by atoms with Crippen molar-refractivity contribution in [1.29, 1.82) is 0 Å². The second-order valence-electron chi connectivity index (χ2n) is 4.15. The number of benzene rings is 1. The molecule has 1 aromatic carbocycles. The summed E-state index contributed by atoms with van der Waals surface area (Å²) in [5, 5.41) is 19.3. The summed E-state index contributed by atoms with van der Waals surface area (Å²) < 4.78 is 15.4. The van der Waals surface area contributed by atoms with Gasteiger partial charge in [-0.3, -0.25) is 0 Å². The Balaban J connectivity index is 1.95. The van der Waals surface area contributed by atoms with Gasteiger partial charge in [0.05, 0.1) is 5.02 Å². The molecule has 2 N–H and O–H groups in total. The van der Waals surface area contributed by atoms with E-state index < -0.39 is 12.1 Å². The molecule has 0 bridgehead atoms. The Hall–Kier alpha value is -2.18. The summed E-state index contributed by atoms with van der Waals surface area (Å²) in [6.45, 7) is 0.0680. The molecule has 1 aliphatic rings. The van der Waals surface area contributed by atoms with E-state index in [4.69, 9.17) is 30.6 Å². The molecule has 0 fully saturated rings. The Morgan fingerprint density at radius 1 is 1.30 bits per heavy atom. The molecule has 0 saturated carbocycles. The molecule has 104 valence electrons. The molecule has 0 spiro atoms. The first-order valence-corrected chi connectivity index (χ1v) is 6.04. The van der Waals surface area contributed by atoms with Crippen LogP contribution in [-0.4, -0.2) is 23.0 Å². The molecule has 1 aromatic heterocycles. The van der Waals surface area contributed by atoms with E-state index in [1.54, 1.807) is 6.07 Å². The second kappa shape index (κ2) is 4.73. The van der Waals surface area contributed by atoms with Crippen LogP contribution in [0.25, 0.3) is 0 Å². The molecular weight excluding hydrogens is 288 g/mol. The highest BCUT2D eigenvalue weighted by Crippen LogP contribution is 2.42. The predicted octanol–water partition coefficient (Wildman–Crippen LogP) is 2.44. The van der Waals surface area contributed by atoms with Crippen LogP contribution in [0.4, 0.5) is 0 Å². The van der Waals surface area contributed by atoms with Gasteiger partial charge in [0.2, 0.25) is 12.6 Å². The van der Waals surface area contributed by atoms with E-state index in [0.717, 1.165) is 0 Å². The largest absolute Gasteiger partial charge is 0.475 e. The average molecular weight is 297 g/mol. The van der Waals surface area contributed by atoms with E-state index in [1.165, 1.54) is 18.2 Å². The van der Waals surface area contributed by atoms with Gasteiger partial charge >= 0.3 is 5.97 Å². The summed E-state index contributed by atoms with van der Waals surface area (Å²) >= 11 is 6.02. The number of aromatic carboxylic acids is 1. The number of fused-ring (bicyclic) bond motifs is 1. The normalized spacial score (nSPS) is 14.3. The summed E-state index contributed by atoms with van der Waals surface area (Å²) in [5.41, 5.74) is 0.422. The summed E-state index contributed by atoms with van der Waals surface area (Å²) in [6, 6.07) is 5.76. The molecule has 2 heterocycles. The van der Waals surface area contributed by atoms with Crippen LogP contribution >= 0.6 is 11.6 Å². The Morgan fingerprint density at radius 3 is 2.80 bits per heavy atom. The predicted molar refractivity (Wildman–Crippen MR) is 67.3 cm³/mol. The fourth-order valence-corrected chi connectivity index (χ4v) is 2.20.